The molecular formula is C16H19N3O3. The van der Waals surface area contributed by atoms with Crippen LogP contribution < -0.4 is 0 Å². The van der Waals surface area contributed by atoms with Crippen molar-refractivity contribution in [1.82, 2.24) is 15.0 Å². The van der Waals surface area contributed by atoms with E-state index < -0.39 is 5.41 Å². The minimum atomic E-state index is -0.468. The average molecular weight is 301 g/mol. The molecule has 1 saturated carbocycles. The number of hydrogen-bond donors (Lipinski definition) is 0. The van der Waals surface area contributed by atoms with E-state index in [1.807, 2.05) is 17.0 Å². The van der Waals surface area contributed by atoms with Gasteiger partial charge in [0.25, 0.3) is 0 Å². The summed E-state index contributed by atoms with van der Waals surface area (Å²) in [5.41, 5.74) is 0.271. The summed E-state index contributed by atoms with van der Waals surface area (Å²) >= 11 is 0. The number of hydrogen-bond acceptors (Lipinski definition) is 5. The van der Waals surface area contributed by atoms with Crippen molar-refractivity contribution < 1.29 is 13.7 Å². The van der Waals surface area contributed by atoms with Gasteiger partial charge < -0.3 is 18.7 Å². The lowest BCUT2D eigenvalue weighted by atomic mass is 9.99. The van der Waals surface area contributed by atoms with Gasteiger partial charge in [0.1, 0.15) is 0 Å². The van der Waals surface area contributed by atoms with Crippen molar-refractivity contribution in [2.24, 2.45) is 0 Å². The van der Waals surface area contributed by atoms with Crippen molar-refractivity contribution >= 4 is 5.91 Å². The van der Waals surface area contributed by atoms with Gasteiger partial charge in [-0.3, -0.25) is 4.79 Å². The number of rotatable bonds is 3. The van der Waals surface area contributed by atoms with Gasteiger partial charge in [0, 0.05) is 32.2 Å². The summed E-state index contributed by atoms with van der Waals surface area (Å²) in [5, 5.41) is 4.14. The lowest BCUT2D eigenvalue weighted by Crippen LogP contribution is -2.50. The number of piperazine rings is 1. The largest absolute Gasteiger partial charge is 0.461 e. The summed E-state index contributed by atoms with van der Waals surface area (Å²) in [5.74, 6) is 1.42. The van der Waals surface area contributed by atoms with Crippen LogP contribution in [-0.4, -0.2) is 54.1 Å². The van der Waals surface area contributed by atoms with E-state index in [-0.39, 0.29) is 5.91 Å². The van der Waals surface area contributed by atoms with Crippen LogP contribution in [-0.2, 0) is 10.2 Å². The van der Waals surface area contributed by atoms with Crippen molar-refractivity contribution in [3.05, 3.63) is 30.2 Å². The second-order valence-electron chi connectivity index (χ2n) is 6.23. The third-order valence-corrected chi connectivity index (χ3v) is 4.71. The minimum Gasteiger partial charge on any atom is -0.461 e. The van der Waals surface area contributed by atoms with Gasteiger partial charge in [0.05, 0.1) is 17.4 Å². The van der Waals surface area contributed by atoms with Crippen LogP contribution in [0.2, 0.25) is 0 Å². The van der Waals surface area contributed by atoms with E-state index in [1.54, 1.807) is 12.3 Å². The van der Waals surface area contributed by atoms with E-state index in [0.29, 0.717) is 11.5 Å². The molecule has 0 aromatic carbocycles. The molecule has 0 bridgehead atoms. The molecule has 4 rings (SSSR count). The molecule has 1 aliphatic carbocycles. The highest BCUT2D eigenvalue weighted by molar-refractivity contribution is 5.91. The molecule has 0 spiro atoms. The second kappa shape index (κ2) is 4.98. The monoisotopic (exact) mass is 301 g/mol. The fourth-order valence-corrected chi connectivity index (χ4v) is 3.05. The summed E-state index contributed by atoms with van der Waals surface area (Å²) in [4.78, 5) is 17.1. The number of carbonyl (C=O) groups excluding carboxylic acids is 1. The van der Waals surface area contributed by atoms with Crippen LogP contribution in [0, 0.1) is 0 Å². The Kier molecular flexibility index (Phi) is 3.07. The van der Waals surface area contributed by atoms with E-state index in [1.165, 1.54) is 0 Å². The molecule has 3 heterocycles. The Balaban J connectivity index is 1.55. The number of amides is 1. The molecule has 22 heavy (non-hydrogen) atoms. The summed E-state index contributed by atoms with van der Waals surface area (Å²) in [6.07, 6.45) is 3.30. The van der Waals surface area contributed by atoms with Crippen molar-refractivity contribution in [1.29, 1.82) is 0 Å². The van der Waals surface area contributed by atoms with E-state index in [2.05, 4.69) is 17.1 Å². The summed E-state index contributed by atoms with van der Waals surface area (Å²) in [7, 11) is 2.09. The van der Waals surface area contributed by atoms with Crippen molar-refractivity contribution in [2.45, 2.75) is 18.3 Å². The summed E-state index contributed by atoms with van der Waals surface area (Å²) in [6, 6.07) is 5.48. The zero-order chi connectivity index (χ0) is 15.2. The number of likely N-dealkylation sites (N-methyl/N-ethyl adjacent to an activating group) is 1. The fraction of sp³-hybridized carbons (Fsp3) is 0.500. The molecule has 6 nitrogen and oxygen atoms in total. The fourth-order valence-electron chi connectivity index (χ4n) is 3.05. The summed E-state index contributed by atoms with van der Waals surface area (Å²) < 4.78 is 10.7. The van der Waals surface area contributed by atoms with E-state index >= 15 is 0 Å². The Morgan fingerprint density at radius 1 is 1.23 bits per heavy atom. The highest BCUT2D eigenvalue weighted by Crippen LogP contribution is 2.49. The molecule has 0 N–H and O–H groups in total. The first-order valence-electron chi connectivity index (χ1n) is 7.68. The number of furan rings is 1. The lowest BCUT2D eigenvalue weighted by molar-refractivity contribution is -0.135. The number of carbonyl (C=O) groups is 1. The highest BCUT2D eigenvalue weighted by atomic mass is 16.5. The molecule has 2 aromatic rings. The molecule has 2 fully saturated rings. The number of nitrogens with zero attached hydrogens (tertiary/aromatic N) is 3. The quantitative estimate of drug-likeness (QED) is 0.864. The molecule has 1 amide bonds. The van der Waals surface area contributed by atoms with Crippen LogP contribution in [0.4, 0.5) is 0 Å². The number of aromatic nitrogens is 1. The van der Waals surface area contributed by atoms with Gasteiger partial charge in [0.2, 0.25) is 11.7 Å². The van der Waals surface area contributed by atoms with E-state index in [9.17, 15) is 4.79 Å². The third-order valence-electron chi connectivity index (χ3n) is 4.71. The van der Waals surface area contributed by atoms with Gasteiger partial charge in [-0.1, -0.05) is 5.16 Å². The highest BCUT2D eigenvalue weighted by Gasteiger charge is 2.55. The minimum absolute atomic E-state index is 0.194. The van der Waals surface area contributed by atoms with Gasteiger partial charge in [-0.05, 0) is 32.0 Å². The van der Waals surface area contributed by atoms with Crippen molar-refractivity contribution in [2.75, 3.05) is 33.2 Å². The molecular weight excluding hydrogens is 282 g/mol. The van der Waals surface area contributed by atoms with Gasteiger partial charge in [-0.25, -0.2) is 0 Å². The molecule has 1 aliphatic heterocycles. The maximum atomic E-state index is 12.9. The molecule has 0 radical (unpaired) electrons. The SMILES string of the molecule is CN1CCN(C(=O)C2(c3cc(-c4ccco4)on3)CC2)CC1. The molecule has 0 atom stereocenters. The Labute approximate surface area is 128 Å². The predicted octanol–water partition coefficient (Wildman–Crippen LogP) is 1.74. The smallest absolute Gasteiger partial charge is 0.235 e. The van der Waals surface area contributed by atoms with Crippen LogP contribution in [0.1, 0.15) is 18.5 Å². The van der Waals surface area contributed by atoms with Crippen LogP contribution in [0.15, 0.2) is 33.4 Å². The maximum absolute atomic E-state index is 12.9. The van der Waals surface area contributed by atoms with Crippen LogP contribution in [0.25, 0.3) is 11.5 Å². The first kappa shape index (κ1) is 13.6. The third kappa shape index (κ3) is 2.14. The first-order valence-corrected chi connectivity index (χ1v) is 7.68. The molecule has 116 valence electrons. The van der Waals surface area contributed by atoms with Crippen LogP contribution in [0.3, 0.4) is 0 Å². The Bertz CT molecular complexity index is 665. The average Bonchev–Trinajstić information content (AvgIpc) is 2.96. The predicted molar refractivity (Wildman–Crippen MR) is 79.2 cm³/mol. The Morgan fingerprint density at radius 2 is 2.00 bits per heavy atom. The Morgan fingerprint density at radius 3 is 2.64 bits per heavy atom. The van der Waals surface area contributed by atoms with Gasteiger partial charge in [-0.15, -0.1) is 0 Å². The maximum Gasteiger partial charge on any atom is 0.235 e. The second-order valence-corrected chi connectivity index (χ2v) is 6.23. The standard InChI is InChI=1S/C16H19N3O3/c1-18-6-8-19(9-7-18)15(20)16(4-5-16)14-11-13(22-17-14)12-3-2-10-21-12/h2-3,10-11H,4-9H2,1H3. The first-order chi connectivity index (χ1) is 10.7. The molecule has 2 aliphatic rings. The Hall–Kier alpha value is -2.08. The zero-order valence-electron chi connectivity index (χ0n) is 12.6. The molecule has 0 unspecified atom stereocenters. The molecule has 1 saturated heterocycles. The van der Waals surface area contributed by atoms with E-state index in [0.717, 1.165) is 44.7 Å². The molecule has 2 aromatic heterocycles. The van der Waals surface area contributed by atoms with Crippen molar-refractivity contribution in [3.8, 4) is 11.5 Å². The van der Waals surface area contributed by atoms with E-state index in [4.69, 9.17) is 8.94 Å². The van der Waals surface area contributed by atoms with Crippen LogP contribution in [0.5, 0.6) is 0 Å². The lowest BCUT2D eigenvalue weighted by Gasteiger charge is -2.34. The molecule has 6 heteroatoms. The van der Waals surface area contributed by atoms with Crippen molar-refractivity contribution in [3.63, 3.8) is 0 Å². The van der Waals surface area contributed by atoms with Gasteiger partial charge >= 0.3 is 0 Å². The van der Waals surface area contributed by atoms with Gasteiger partial charge in [0.15, 0.2) is 5.76 Å². The topological polar surface area (TPSA) is 62.7 Å². The summed E-state index contributed by atoms with van der Waals surface area (Å²) in [6.45, 7) is 3.44. The zero-order valence-corrected chi connectivity index (χ0v) is 12.6. The normalized spacial score (nSPS) is 21.0. The van der Waals surface area contributed by atoms with Crippen LogP contribution >= 0.6 is 0 Å². The van der Waals surface area contributed by atoms with Gasteiger partial charge in [-0.2, -0.15) is 0 Å².